The van der Waals surface area contributed by atoms with Gasteiger partial charge in [0.2, 0.25) is 0 Å². The Hall–Kier alpha value is -0.650. The first-order chi connectivity index (χ1) is 7.13. The molecule has 5 nitrogen and oxygen atoms in total. The second kappa shape index (κ2) is 6.05. The van der Waals surface area contributed by atoms with Gasteiger partial charge in [-0.25, -0.2) is 0 Å². The molecule has 1 heterocycles. The third kappa shape index (κ3) is 4.15. The van der Waals surface area contributed by atoms with Crippen LogP contribution in [0.4, 0.5) is 0 Å². The van der Waals surface area contributed by atoms with Crippen molar-refractivity contribution < 1.29 is 19.7 Å². The van der Waals surface area contributed by atoms with Crippen LogP contribution in [-0.2, 0) is 9.53 Å². The predicted molar refractivity (Wildman–Crippen MR) is 54.7 cm³/mol. The fraction of sp³-hybridized carbons (Fsp3) is 0.900. The highest BCUT2D eigenvalue weighted by atomic mass is 16.5. The normalized spacial score (nSPS) is 21.5. The number of hydrogen-bond donors (Lipinski definition) is 2. The van der Waals surface area contributed by atoms with Crippen LogP contribution in [0, 0.1) is 5.92 Å². The zero-order valence-corrected chi connectivity index (χ0v) is 9.06. The van der Waals surface area contributed by atoms with Gasteiger partial charge in [0.15, 0.2) is 0 Å². The molecule has 2 N–H and O–H groups in total. The summed E-state index contributed by atoms with van der Waals surface area (Å²) in [6.45, 7) is 2.40. The molecule has 0 bridgehead atoms. The molecule has 5 heteroatoms. The van der Waals surface area contributed by atoms with Gasteiger partial charge in [-0.1, -0.05) is 0 Å². The minimum Gasteiger partial charge on any atom is -0.481 e. The zero-order valence-electron chi connectivity index (χ0n) is 9.06. The second-order valence-corrected chi connectivity index (χ2v) is 4.02. The van der Waals surface area contributed by atoms with E-state index in [1.165, 1.54) is 0 Å². The minimum atomic E-state index is -0.702. The Morgan fingerprint density at radius 2 is 2.13 bits per heavy atom. The lowest BCUT2D eigenvalue weighted by molar-refractivity contribution is -0.143. The number of carboxylic acid groups (broad SMARTS) is 1. The van der Waals surface area contributed by atoms with Crippen molar-refractivity contribution in [1.82, 2.24) is 4.90 Å². The maximum atomic E-state index is 10.7. The van der Waals surface area contributed by atoms with Crippen LogP contribution in [0.25, 0.3) is 0 Å². The Bertz CT molecular complexity index is 202. The maximum Gasteiger partial charge on any atom is 0.306 e. The van der Waals surface area contributed by atoms with Crippen LogP contribution < -0.4 is 0 Å². The number of aliphatic carboxylic acids is 1. The summed E-state index contributed by atoms with van der Waals surface area (Å²) in [7, 11) is 1.56. The third-order valence-corrected chi connectivity index (χ3v) is 2.76. The highest BCUT2D eigenvalue weighted by Gasteiger charge is 2.25. The number of aliphatic hydroxyl groups excluding tert-OH is 1. The van der Waals surface area contributed by atoms with Gasteiger partial charge in [0, 0.05) is 13.7 Å². The summed E-state index contributed by atoms with van der Waals surface area (Å²) in [5, 5.41) is 18.3. The summed E-state index contributed by atoms with van der Waals surface area (Å²) in [5.41, 5.74) is 0. The Morgan fingerprint density at radius 1 is 1.53 bits per heavy atom. The molecule has 0 radical (unpaired) electrons. The summed E-state index contributed by atoms with van der Waals surface area (Å²) in [6.07, 6.45) is 0.876. The van der Waals surface area contributed by atoms with Crippen LogP contribution in [0.5, 0.6) is 0 Å². The van der Waals surface area contributed by atoms with E-state index in [1.54, 1.807) is 7.11 Å². The monoisotopic (exact) mass is 217 g/mol. The largest absolute Gasteiger partial charge is 0.481 e. The molecule has 0 amide bonds. The van der Waals surface area contributed by atoms with Gasteiger partial charge in [-0.05, 0) is 25.9 Å². The molecule has 88 valence electrons. The van der Waals surface area contributed by atoms with Crippen molar-refractivity contribution in [3.63, 3.8) is 0 Å². The van der Waals surface area contributed by atoms with Crippen LogP contribution in [0.2, 0.25) is 0 Å². The van der Waals surface area contributed by atoms with Crippen molar-refractivity contribution in [3.05, 3.63) is 0 Å². The molecule has 0 aromatic rings. The number of carbonyl (C=O) groups is 1. The molecule has 1 saturated heterocycles. The van der Waals surface area contributed by atoms with E-state index in [-0.39, 0.29) is 5.92 Å². The molecule has 0 spiro atoms. The highest BCUT2D eigenvalue weighted by Crippen LogP contribution is 2.17. The number of nitrogens with zero attached hydrogens (tertiary/aromatic N) is 1. The van der Waals surface area contributed by atoms with Crippen molar-refractivity contribution in [2.45, 2.75) is 18.9 Å². The van der Waals surface area contributed by atoms with Gasteiger partial charge in [0.25, 0.3) is 0 Å². The summed E-state index contributed by atoms with van der Waals surface area (Å²) in [6, 6.07) is 0. The fourth-order valence-corrected chi connectivity index (χ4v) is 1.91. The molecule has 0 aliphatic carbocycles. The van der Waals surface area contributed by atoms with E-state index >= 15 is 0 Å². The van der Waals surface area contributed by atoms with E-state index < -0.39 is 12.1 Å². The molecule has 0 aromatic heterocycles. The lowest BCUT2D eigenvalue weighted by atomic mass is 9.97. The topological polar surface area (TPSA) is 70.0 Å². The number of rotatable bonds is 5. The predicted octanol–water partition coefficient (Wildman–Crippen LogP) is -0.210. The van der Waals surface area contributed by atoms with Crippen LogP contribution in [-0.4, -0.2) is 60.5 Å². The van der Waals surface area contributed by atoms with Gasteiger partial charge in [-0.15, -0.1) is 0 Å². The smallest absolute Gasteiger partial charge is 0.306 e. The summed E-state index contributed by atoms with van der Waals surface area (Å²) >= 11 is 0. The molecule has 1 fully saturated rings. The quantitative estimate of drug-likeness (QED) is 0.667. The molecular formula is C10H19NO4. The summed E-state index contributed by atoms with van der Waals surface area (Å²) < 4.78 is 4.83. The van der Waals surface area contributed by atoms with E-state index in [0.717, 1.165) is 13.1 Å². The lowest BCUT2D eigenvalue weighted by Gasteiger charge is -2.31. The second-order valence-electron chi connectivity index (χ2n) is 4.02. The maximum absolute atomic E-state index is 10.7. The number of methoxy groups -OCH3 is 1. The SMILES string of the molecule is COCC(O)CN1CCC(C(=O)O)CC1. The lowest BCUT2D eigenvalue weighted by Crippen LogP contribution is -2.41. The first-order valence-electron chi connectivity index (χ1n) is 5.25. The first-order valence-corrected chi connectivity index (χ1v) is 5.25. The molecule has 1 aliphatic heterocycles. The van der Waals surface area contributed by atoms with Crippen molar-refractivity contribution >= 4 is 5.97 Å². The van der Waals surface area contributed by atoms with Gasteiger partial charge in [-0.2, -0.15) is 0 Å². The zero-order chi connectivity index (χ0) is 11.3. The van der Waals surface area contributed by atoms with Crippen LogP contribution >= 0.6 is 0 Å². The van der Waals surface area contributed by atoms with Gasteiger partial charge < -0.3 is 19.8 Å². The van der Waals surface area contributed by atoms with Crippen LogP contribution in [0.1, 0.15) is 12.8 Å². The van der Waals surface area contributed by atoms with Gasteiger partial charge in [0.05, 0.1) is 18.6 Å². The van der Waals surface area contributed by atoms with Crippen LogP contribution in [0.3, 0.4) is 0 Å². The minimum absolute atomic E-state index is 0.208. The average Bonchev–Trinajstić information content (AvgIpc) is 2.18. The molecule has 1 atom stereocenters. The number of likely N-dealkylation sites (tertiary alicyclic amines) is 1. The number of carboxylic acids is 1. The van der Waals surface area contributed by atoms with E-state index in [1.807, 2.05) is 0 Å². The summed E-state index contributed by atoms with van der Waals surface area (Å²) in [4.78, 5) is 12.8. The highest BCUT2D eigenvalue weighted by molar-refractivity contribution is 5.70. The Labute approximate surface area is 89.6 Å². The molecule has 1 unspecified atom stereocenters. The number of β-amino-alcohol motifs (C(OH)–C–C–N with tert-alkyl or cyclic N) is 1. The molecule has 0 saturated carbocycles. The van der Waals surface area contributed by atoms with E-state index in [9.17, 15) is 9.90 Å². The van der Waals surface area contributed by atoms with Crippen molar-refractivity contribution in [2.24, 2.45) is 5.92 Å². The Balaban J connectivity index is 2.22. The fourth-order valence-electron chi connectivity index (χ4n) is 1.91. The summed E-state index contributed by atoms with van der Waals surface area (Å²) in [5.74, 6) is -0.909. The molecule has 15 heavy (non-hydrogen) atoms. The number of hydrogen-bond acceptors (Lipinski definition) is 4. The number of piperidine rings is 1. The first kappa shape index (κ1) is 12.4. The van der Waals surface area contributed by atoms with E-state index in [4.69, 9.17) is 9.84 Å². The van der Waals surface area contributed by atoms with E-state index in [0.29, 0.717) is 26.0 Å². The van der Waals surface area contributed by atoms with Gasteiger partial charge in [0.1, 0.15) is 0 Å². The average molecular weight is 217 g/mol. The van der Waals surface area contributed by atoms with E-state index in [2.05, 4.69) is 4.90 Å². The van der Waals surface area contributed by atoms with Crippen LogP contribution in [0.15, 0.2) is 0 Å². The standard InChI is InChI=1S/C10H19NO4/c1-15-7-9(12)6-11-4-2-8(3-5-11)10(13)14/h8-9,12H,2-7H2,1H3,(H,13,14). The van der Waals surface area contributed by atoms with Gasteiger partial charge in [-0.3, -0.25) is 4.79 Å². The third-order valence-electron chi connectivity index (χ3n) is 2.76. The number of ether oxygens (including phenoxy) is 1. The molecule has 0 aromatic carbocycles. The Kier molecular flexibility index (Phi) is 5.01. The van der Waals surface area contributed by atoms with Gasteiger partial charge >= 0.3 is 5.97 Å². The van der Waals surface area contributed by atoms with Crippen molar-refractivity contribution in [1.29, 1.82) is 0 Å². The molecule has 1 aliphatic rings. The molecule has 1 rings (SSSR count). The number of aliphatic hydroxyl groups is 1. The van der Waals surface area contributed by atoms with Crippen molar-refractivity contribution in [2.75, 3.05) is 33.4 Å². The Morgan fingerprint density at radius 3 is 2.60 bits per heavy atom. The van der Waals surface area contributed by atoms with Crippen molar-refractivity contribution in [3.8, 4) is 0 Å². The molecular weight excluding hydrogens is 198 g/mol.